The largest absolute Gasteiger partial charge is 0.465 e. The Morgan fingerprint density at radius 2 is 2.00 bits per heavy atom. The van der Waals surface area contributed by atoms with Crippen LogP contribution in [0.2, 0.25) is 0 Å². The monoisotopic (exact) mass is 244 g/mol. The summed E-state index contributed by atoms with van der Waals surface area (Å²) in [5, 5.41) is 5.63. The van der Waals surface area contributed by atoms with Crippen LogP contribution in [0.5, 0.6) is 0 Å². The lowest BCUT2D eigenvalue weighted by atomic mass is 10.1. The van der Waals surface area contributed by atoms with Gasteiger partial charge >= 0.3 is 5.97 Å². The van der Waals surface area contributed by atoms with Gasteiger partial charge in [0.05, 0.1) is 19.7 Å². The zero-order valence-electron chi connectivity index (χ0n) is 10.2. The molecule has 1 amide bonds. The van der Waals surface area contributed by atoms with Crippen molar-refractivity contribution in [2.75, 3.05) is 32.9 Å². The third-order valence-corrected chi connectivity index (χ3v) is 2.45. The van der Waals surface area contributed by atoms with E-state index in [1.165, 1.54) is 0 Å². The second-order valence-electron chi connectivity index (χ2n) is 3.86. The van der Waals surface area contributed by atoms with Crippen LogP contribution in [-0.2, 0) is 19.1 Å². The van der Waals surface area contributed by atoms with Gasteiger partial charge < -0.3 is 14.8 Å². The van der Waals surface area contributed by atoms with Crippen LogP contribution in [-0.4, -0.2) is 50.8 Å². The Bertz CT molecular complexity index is 252. The first-order valence-electron chi connectivity index (χ1n) is 5.95. The molecule has 1 aliphatic rings. The van der Waals surface area contributed by atoms with Crippen molar-refractivity contribution in [3.05, 3.63) is 0 Å². The maximum Gasteiger partial charge on any atom is 0.319 e. The average molecular weight is 244 g/mol. The molecule has 98 valence electrons. The van der Waals surface area contributed by atoms with Gasteiger partial charge in [0.2, 0.25) is 5.91 Å². The maximum atomic E-state index is 11.5. The molecule has 1 fully saturated rings. The SMILES string of the molecule is CCOC(=O)CNCC(=O)NC1CCOCC1. The minimum absolute atomic E-state index is 0.0645. The summed E-state index contributed by atoms with van der Waals surface area (Å²) in [5.74, 6) is -0.437. The fraction of sp³-hybridized carbons (Fsp3) is 0.818. The summed E-state index contributed by atoms with van der Waals surface area (Å²) < 4.78 is 9.92. The second kappa shape index (κ2) is 8.03. The number of hydrogen-bond acceptors (Lipinski definition) is 5. The van der Waals surface area contributed by atoms with Gasteiger partial charge in [0.15, 0.2) is 0 Å². The Kier molecular flexibility index (Phi) is 6.57. The first-order chi connectivity index (χ1) is 8.22. The van der Waals surface area contributed by atoms with Crippen molar-refractivity contribution in [3.63, 3.8) is 0 Å². The van der Waals surface area contributed by atoms with E-state index in [0.717, 1.165) is 12.8 Å². The molecule has 2 N–H and O–H groups in total. The van der Waals surface area contributed by atoms with Crippen LogP contribution in [0.25, 0.3) is 0 Å². The molecular weight excluding hydrogens is 224 g/mol. The van der Waals surface area contributed by atoms with Crippen LogP contribution >= 0.6 is 0 Å². The Morgan fingerprint density at radius 1 is 1.29 bits per heavy atom. The molecule has 6 heteroatoms. The topological polar surface area (TPSA) is 76.7 Å². The number of nitrogens with one attached hydrogen (secondary N) is 2. The fourth-order valence-electron chi connectivity index (χ4n) is 1.61. The van der Waals surface area contributed by atoms with Crippen molar-refractivity contribution in [1.82, 2.24) is 10.6 Å². The Morgan fingerprint density at radius 3 is 2.65 bits per heavy atom. The van der Waals surface area contributed by atoms with Crippen LogP contribution in [0, 0.1) is 0 Å². The summed E-state index contributed by atoms with van der Waals surface area (Å²) in [7, 11) is 0. The van der Waals surface area contributed by atoms with Crippen molar-refractivity contribution in [1.29, 1.82) is 0 Å². The van der Waals surface area contributed by atoms with Crippen LogP contribution in [0.3, 0.4) is 0 Å². The van der Waals surface area contributed by atoms with E-state index in [1.807, 2.05) is 0 Å². The molecule has 0 spiro atoms. The quantitative estimate of drug-likeness (QED) is 0.612. The molecule has 17 heavy (non-hydrogen) atoms. The second-order valence-corrected chi connectivity index (χ2v) is 3.86. The molecule has 0 aromatic rings. The molecule has 0 unspecified atom stereocenters. The van der Waals surface area contributed by atoms with Crippen molar-refractivity contribution >= 4 is 11.9 Å². The fourth-order valence-corrected chi connectivity index (χ4v) is 1.61. The zero-order valence-corrected chi connectivity index (χ0v) is 10.2. The molecule has 0 aliphatic carbocycles. The lowest BCUT2D eigenvalue weighted by Crippen LogP contribution is -2.43. The van der Waals surface area contributed by atoms with E-state index in [1.54, 1.807) is 6.92 Å². The van der Waals surface area contributed by atoms with Crippen molar-refractivity contribution in [3.8, 4) is 0 Å². The highest BCUT2D eigenvalue weighted by Crippen LogP contribution is 2.05. The van der Waals surface area contributed by atoms with Gasteiger partial charge in [0, 0.05) is 19.3 Å². The predicted octanol–water partition coefficient (Wildman–Crippen LogP) is -0.566. The molecule has 1 rings (SSSR count). The van der Waals surface area contributed by atoms with Crippen molar-refractivity contribution in [2.45, 2.75) is 25.8 Å². The molecule has 0 aromatic carbocycles. The minimum Gasteiger partial charge on any atom is -0.465 e. The summed E-state index contributed by atoms with van der Waals surface area (Å²) in [4.78, 5) is 22.5. The van der Waals surface area contributed by atoms with E-state index in [2.05, 4.69) is 10.6 Å². The third kappa shape index (κ3) is 6.23. The van der Waals surface area contributed by atoms with E-state index in [-0.39, 0.29) is 31.0 Å². The van der Waals surface area contributed by atoms with Crippen molar-refractivity contribution in [2.24, 2.45) is 0 Å². The first-order valence-corrected chi connectivity index (χ1v) is 5.95. The van der Waals surface area contributed by atoms with Crippen LogP contribution in [0.4, 0.5) is 0 Å². The predicted molar refractivity (Wildman–Crippen MR) is 61.5 cm³/mol. The highest BCUT2D eigenvalue weighted by atomic mass is 16.5. The maximum absolute atomic E-state index is 11.5. The number of carbonyl (C=O) groups excluding carboxylic acids is 2. The molecule has 0 bridgehead atoms. The Hall–Kier alpha value is -1.14. The van der Waals surface area contributed by atoms with Crippen LogP contribution in [0.15, 0.2) is 0 Å². The molecule has 0 aromatic heterocycles. The van der Waals surface area contributed by atoms with Gasteiger partial charge in [-0.05, 0) is 19.8 Å². The Labute approximate surface area is 101 Å². The molecule has 6 nitrogen and oxygen atoms in total. The molecule has 0 atom stereocenters. The normalized spacial score (nSPS) is 16.5. The third-order valence-electron chi connectivity index (χ3n) is 2.45. The van der Waals surface area contributed by atoms with Gasteiger partial charge in [0.25, 0.3) is 0 Å². The Balaban J connectivity index is 2.06. The number of ether oxygens (including phenoxy) is 2. The highest BCUT2D eigenvalue weighted by molar-refractivity contribution is 5.79. The lowest BCUT2D eigenvalue weighted by molar-refractivity contribution is -0.142. The zero-order chi connectivity index (χ0) is 12.5. The summed E-state index contributed by atoms with van der Waals surface area (Å²) >= 11 is 0. The van der Waals surface area contributed by atoms with Gasteiger partial charge in [-0.25, -0.2) is 0 Å². The van der Waals surface area contributed by atoms with Crippen LogP contribution in [0.1, 0.15) is 19.8 Å². The van der Waals surface area contributed by atoms with Gasteiger partial charge in [-0.1, -0.05) is 0 Å². The summed E-state index contributed by atoms with van der Waals surface area (Å²) in [6.45, 7) is 3.69. The number of carbonyl (C=O) groups is 2. The standard InChI is InChI=1S/C11H20N2O4/c1-2-17-11(15)8-12-7-10(14)13-9-3-5-16-6-4-9/h9,12H,2-8H2,1H3,(H,13,14). The first kappa shape index (κ1) is 13.9. The summed E-state index contributed by atoms with van der Waals surface area (Å²) in [6, 6.07) is 0.195. The molecule has 0 saturated carbocycles. The van der Waals surface area contributed by atoms with Gasteiger partial charge in [-0.3, -0.25) is 14.9 Å². The molecule has 1 heterocycles. The van der Waals surface area contributed by atoms with E-state index in [9.17, 15) is 9.59 Å². The van der Waals surface area contributed by atoms with Gasteiger partial charge in [-0.15, -0.1) is 0 Å². The number of amides is 1. The van der Waals surface area contributed by atoms with E-state index >= 15 is 0 Å². The van der Waals surface area contributed by atoms with E-state index in [0.29, 0.717) is 19.8 Å². The molecular formula is C11H20N2O4. The van der Waals surface area contributed by atoms with Gasteiger partial charge in [-0.2, -0.15) is 0 Å². The number of rotatable bonds is 6. The van der Waals surface area contributed by atoms with Crippen molar-refractivity contribution < 1.29 is 19.1 Å². The van der Waals surface area contributed by atoms with Gasteiger partial charge in [0.1, 0.15) is 0 Å². The molecule has 1 aliphatic heterocycles. The highest BCUT2D eigenvalue weighted by Gasteiger charge is 2.15. The smallest absolute Gasteiger partial charge is 0.319 e. The average Bonchev–Trinajstić information content (AvgIpc) is 2.30. The number of hydrogen-bond donors (Lipinski definition) is 2. The van der Waals surface area contributed by atoms with Crippen LogP contribution < -0.4 is 10.6 Å². The minimum atomic E-state index is -0.341. The number of esters is 1. The molecule has 1 saturated heterocycles. The summed E-state index contributed by atoms with van der Waals surface area (Å²) in [6.07, 6.45) is 1.70. The lowest BCUT2D eigenvalue weighted by Gasteiger charge is -2.23. The van der Waals surface area contributed by atoms with E-state index < -0.39 is 0 Å². The summed E-state index contributed by atoms with van der Waals surface area (Å²) in [5.41, 5.74) is 0. The van der Waals surface area contributed by atoms with E-state index in [4.69, 9.17) is 9.47 Å². The molecule has 0 radical (unpaired) electrons.